The average Bonchev–Trinajstić information content (AvgIpc) is 2.57. The fourth-order valence-electron chi connectivity index (χ4n) is 2.32. The maximum atomic E-state index is 4.75. The summed E-state index contributed by atoms with van der Waals surface area (Å²) in [6.07, 6.45) is 2.32. The van der Waals surface area contributed by atoms with Gasteiger partial charge in [0.2, 0.25) is 5.95 Å². The molecule has 1 heterocycles. The molecule has 1 aromatic carbocycles. The molecule has 0 spiro atoms. The van der Waals surface area contributed by atoms with Gasteiger partial charge in [-0.3, -0.25) is 0 Å². The lowest BCUT2D eigenvalue weighted by molar-refractivity contribution is 0.812. The van der Waals surface area contributed by atoms with Crippen molar-refractivity contribution >= 4 is 11.8 Å². The number of hydrogen-bond donors (Lipinski definition) is 1. The molecule has 0 unspecified atom stereocenters. The van der Waals surface area contributed by atoms with Gasteiger partial charge in [0.1, 0.15) is 5.82 Å². The number of unbranched alkanes of at least 4 members (excludes halogenated alkanes) is 1. The van der Waals surface area contributed by atoms with E-state index in [-0.39, 0.29) is 0 Å². The van der Waals surface area contributed by atoms with Gasteiger partial charge in [-0.2, -0.15) is 4.98 Å². The third-order valence-electron chi connectivity index (χ3n) is 3.67. The molecule has 22 heavy (non-hydrogen) atoms. The minimum absolute atomic E-state index is 0.797. The Hall–Kier alpha value is -2.10. The smallest absolute Gasteiger partial charge is 0.227 e. The van der Waals surface area contributed by atoms with Crippen LogP contribution in [0.1, 0.15) is 33.6 Å². The summed E-state index contributed by atoms with van der Waals surface area (Å²) in [6.45, 7) is 9.21. The van der Waals surface area contributed by atoms with Crippen LogP contribution in [0.4, 0.5) is 11.8 Å². The molecule has 0 amide bonds. The molecule has 0 aliphatic heterocycles. The molecule has 0 aliphatic rings. The molecule has 0 saturated carbocycles. The van der Waals surface area contributed by atoms with Crippen molar-refractivity contribution in [2.45, 2.75) is 33.6 Å². The molecule has 0 bridgehead atoms. The summed E-state index contributed by atoms with van der Waals surface area (Å²) in [5.41, 5.74) is 2.09. The summed E-state index contributed by atoms with van der Waals surface area (Å²) < 4.78 is 0. The summed E-state index contributed by atoms with van der Waals surface area (Å²) in [5.74, 6) is 1.70. The number of anilines is 2. The van der Waals surface area contributed by atoms with Gasteiger partial charge in [0.05, 0.1) is 5.69 Å². The largest absolute Gasteiger partial charge is 0.370 e. The van der Waals surface area contributed by atoms with Crippen LogP contribution in [0.15, 0.2) is 36.4 Å². The molecule has 1 N–H and O–H groups in total. The Morgan fingerprint density at radius 1 is 1.00 bits per heavy atom. The Labute approximate surface area is 133 Å². The van der Waals surface area contributed by atoms with Crippen LogP contribution in [-0.2, 0) is 0 Å². The molecule has 4 heteroatoms. The second kappa shape index (κ2) is 8.37. The SMILES string of the molecule is CCCCNc1cc(-c2ccccc2)nc(N(CC)CC)n1. The van der Waals surface area contributed by atoms with Gasteiger partial charge in [0.25, 0.3) is 0 Å². The lowest BCUT2D eigenvalue weighted by Crippen LogP contribution is -2.24. The molecule has 118 valence electrons. The standard InChI is InChI=1S/C18H26N4/c1-4-7-13-19-17-14-16(15-11-9-8-10-12-15)20-18(21-17)22(5-2)6-3/h8-12,14H,4-7,13H2,1-3H3,(H,19,20,21). The van der Waals surface area contributed by atoms with Crippen molar-refractivity contribution in [1.29, 1.82) is 0 Å². The third kappa shape index (κ3) is 4.20. The van der Waals surface area contributed by atoms with Crippen LogP contribution in [-0.4, -0.2) is 29.6 Å². The van der Waals surface area contributed by atoms with Gasteiger partial charge in [-0.25, -0.2) is 4.98 Å². The Balaban J connectivity index is 2.35. The molecular weight excluding hydrogens is 272 g/mol. The lowest BCUT2D eigenvalue weighted by atomic mass is 10.1. The second-order valence-corrected chi connectivity index (χ2v) is 5.26. The Morgan fingerprint density at radius 3 is 2.36 bits per heavy atom. The van der Waals surface area contributed by atoms with E-state index in [1.807, 2.05) is 24.3 Å². The Bertz CT molecular complexity index is 565. The lowest BCUT2D eigenvalue weighted by Gasteiger charge is -2.20. The van der Waals surface area contributed by atoms with Crippen LogP contribution in [0.25, 0.3) is 11.3 Å². The molecule has 0 fully saturated rings. The summed E-state index contributed by atoms with van der Waals surface area (Å²) in [4.78, 5) is 11.6. The highest BCUT2D eigenvalue weighted by atomic mass is 15.3. The van der Waals surface area contributed by atoms with Crippen LogP contribution < -0.4 is 10.2 Å². The molecule has 2 aromatic rings. The molecule has 0 atom stereocenters. The van der Waals surface area contributed by atoms with Crippen molar-refractivity contribution < 1.29 is 0 Å². The normalized spacial score (nSPS) is 10.5. The van der Waals surface area contributed by atoms with Crippen molar-refractivity contribution in [2.75, 3.05) is 29.9 Å². The van der Waals surface area contributed by atoms with Crippen molar-refractivity contribution in [2.24, 2.45) is 0 Å². The highest BCUT2D eigenvalue weighted by Crippen LogP contribution is 2.22. The number of hydrogen-bond acceptors (Lipinski definition) is 4. The maximum Gasteiger partial charge on any atom is 0.227 e. The van der Waals surface area contributed by atoms with Gasteiger partial charge in [-0.1, -0.05) is 43.7 Å². The quantitative estimate of drug-likeness (QED) is 0.741. The van der Waals surface area contributed by atoms with Crippen molar-refractivity contribution in [3.8, 4) is 11.3 Å². The number of rotatable bonds is 8. The summed E-state index contributed by atoms with van der Waals surface area (Å²) >= 11 is 0. The predicted molar refractivity (Wildman–Crippen MR) is 94.4 cm³/mol. The first kappa shape index (κ1) is 16.3. The number of aromatic nitrogens is 2. The number of benzene rings is 1. The maximum absolute atomic E-state index is 4.75. The van der Waals surface area contributed by atoms with E-state index in [2.05, 4.69) is 48.1 Å². The monoisotopic (exact) mass is 298 g/mol. The van der Waals surface area contributed by atoms with E-state index in [9.17, 15) is 0 Å². The van der Waals surface area contributed by atoms with Gasteiger partial charge in [0, 0.05) is 31.3 Å². The zero-order chi connectivity index (χ0) is 15.8. The Kier molecular flexibility index (Phi) is 6.19. The summed E-state index contributed by atoms with van der Waals surface area (Å²) in [6, 6.07) is 12.3. The van der Waals surface area contributed by atoms with Crippen LogP contribution in [0.2, 0.25) is 0 Å². The molecule has 1 aromatic heterocycles. The minimum Gasteiger partial charge on any atom is -0.370 e. The highest BCUT2D eigenvalue weighted by Gasteiger charge is 2.10. The zero-order valence-electron chi connectivity index (χ0n) is 13.8. The fourth-order valence-corrected chi connectivity index (χ4v) is 2.32. The van der Waals surface area contributed by atoms with Crippen LogP contribution in [0.5, 0.6) is 0 Å². The van der Waals surface area contributed by atoms with E-state index in [0.29, 0.717) is 0 Å². The van der Waals surface area contributed by atoms with Crippen LogP contribution in [0, 0.1) is 0 Å². The molecule has 2 rings (SSSR count). The van der Waals surface area contributed by atoms with Crippen LogP contribution in [0.3, 0.4) is 0 Å². The second-order valence-electron chi connectivity index (χ2n) is 5.26. The summed E-state index contributed by atoms with van der Waals surface area (Å²) in [7, 11) is 0. The first-order chi connectivity index (χ1) is 10.8. The first-order valence-electron chi connectivity index (χ1n) is 8.21. The van der Waals surface area contributed by atoms with Gasteiger partial charge < -0.3 is 10.2 Å². The number of nitrogens with one attached hydrogen (secondary N) is 1. The minimum atomic E-state index is 0.797. The fraction of sp³-hybridized carbons (Fsp3) is 0.444. The van der Waals surface area contributed by atoms with E-state index in [1.54, 1.807) is 0 Å². The van der Waals surface area contributed by atoms with E-state index in [1.165, 1.54) is 6.42 Å². The predicted octanol–water partition coefficient (Wildman–Crippen LogP) is 4.20. The van der Waals surface area contributed by atoms with Gasteiger partial charge >= 0.3 is 0 Å². The van der Waals surface area contributed by atoms with E-state index < -0.39 is 0 Å². The zero-order valence-corrected chi connectivity index (χ0v) is 13.8. The third-order valence-corrected chi connectivity index (χ3v) is 3.67. The van der Waals surface area contributed by atoms with E-state index in [4.69, 9.17) is 4.98 Å². The van der Waals surface area contributed by atoms with Gasteiger partial charge in [-0.15, -0.1) is 0 Å². The highest BCUT2D eigenvalue weighted by molar-refractivity contribution is 5.64. The first-order valence-corrected chi connectivity index (χ1v) is 8.21. The summed E-state index contributed by atoms with van der Waals surface area (Å²) in [5, 5.41) is 3.42. The van der Waals surface area contributed by atoms with Gasteiger partial charge in [0.15, 0.2) is 0 Å². The average molecular weight is 298 g/mol. The van der Waals surface area contributed by atoms with E-state index in [0.717, 1.165) is 49.1 Å². The van der Waals surface area contributed by atoms with Crippen molar-refractivity contribution in [1.82, 2.24) is 9.97 Å². The van der Waals surface area contributed by atoms with Crippen molar-refractivity contribution in [3.63, 3.8) is 0 Å². The van der Waals surface area contributed by atoms with E-state index >= 15 is 0 Å². The number of nitrogens with zero attached hydrogens (tertiary/aromatic N) is 3. The molecular formula is C18H26N4. The molecule has 0 saturated heterocycles. The molecule has 0 radical (unpaired) electrons. The molecule has 0 aliphatic carbocycles. The topological polar surface area (TPSA) is 41.1 Å². The van der Waals surface area contributed by atoms with Crippen molar-refractivity contribution in [3.05, 3.63) is 36.4 Å². The van der Waals surface area contributed by atoms with Gasteiger partial charge in [-0.05, 0) is 20.3 Å². The van der Waals surface area contributed by atoms with Crippen LogP contribution >= 0.6 is 0 Å². The Morgan fingerprint density at radius 2 is 1.73 bits per heavy atom. The molecule has 4 nitrogen and oxygen atoms in total.